The Balaban J connectivity index is -0.0000000194. The first kappa shape index (κ1) is 104. The first-order chi connectivity index (χ1) is 25.1. The summed E-state index contributed by atoms with van der Waals surface area (Å²) in [6, 6.07) is 0. The third kappa shape index (κ3) is 261. The number of nitrogens with one attached hydrogen (secondary N) is 1. The Morgan fingerprint density at radius 1 is 0.529 bits per heavy atom. The molecule has 0 bridgehead atoms. The van der Waals surface area contributed by atoms with Crippen molar-refractivity contribution < 1.29 is 90.6 Å². The van der Waals surface area contributed by atoms with E-state index in [0.29, 0.717) is 13.1 Å². The van der Waals surface area contributed by atoms with Crippen LogP contribution in [0.15, 0.2) is 18.7 Å². The van der Waals surface area contributed by atoms with E-state index in [1.807, 2.05) is 0 Å². The number of nitrogens with two attached hydrogens (primary N) is 3. The van der Waals surface area contributed by atoms with Gasteiger partial charge in [0.25, 0.3) is 0 Å². The molecule has 1 amide bonds. The minimum atomic E-state index is -0.424. The molecule has 0 radical (unpaired) electrons. The number of alkyl carbamates (subject to hydrolysis) is 1. The van der Waals surface area contributed by atoms with Gasteiger partial charge in [0, 0.05) is 118 Å². The number of amides is 1. The van der Waals surface area contributed by atoms with Gasteiger partial charge >= 0.3 is 12.2 Å². The standard InChI is InChI=1S/C5H6N2O2.C5H12N2O2.C3H10N2.14CH4O/c1-9-5(8)7-3-2-6-4-7;1-9-5(8)7-4-2-3-6;4-2-1-3-5;14*1-2/h2-4H,1H3;2-4,6H2,1H3,(H,7,8);1-5H2;14*2H,1H3. The Hall–Kier alpha value is -2.73. The summed E-state index contributed by atoms with van der Waals surface area (Å²) in [5.41, 5.74) is 15.3. The van der Waals surface area contributed by atoms with Gasteiger partial charge in [0.1, 0.15) is 6.33 Å². The number of ether oxygens (including phenoxy) is 2. The number of hydrogen-bond acceptors (Lipinski definition) is 22. The molecule has 24 nitrogen and oxygen atoms in total. The fourth-order valence-corrected chi connectivity index (χ4v) is 0.955. The number of hydrogen-bond donors (Lipinski definition) is 18. The Morgan fingerprint density at radius 3 is 0.961 bits per heavy atom. The number of nitrogens with zero attached hydrogens (tertiary/aromatic N) is 2. The summed E-state index contributed by atoms with van der Waals surface area (Å²) in [6.45, 7) is 2.61. The second-order valence-corrected chi connectivity index (χ2v) is 3.93. The van der Waals surface area contributed by atoms with E-state index >= 15 is 0 Å². The van der Waals surface area contributed by atoms with Gasteiger partial charge in [0.15, 0.2) is 0 Å². The van der Waals surface area contributed by atoms with Crippen LogP contribution >= 0.6 is 0 Å². The van der Waals surface area contributed by atoms with E-state index in [-0.39, 0.29) is 0 Å². The molecule has 0 unspecified atom stereocenters. The lowest BCUT2D eigenvalue weighted by Crippen LogP contribution is -2.25. The lowest BCUT2D eigenvalue weighted by Gasteiger charge is -1.99. The summed E-state index contributed by atoms with van der Waals surface area (Å²) in [6.07, 6.45) is 5.32. The zero-order chi connectivity index (χ0) is 45.9. The molecule has 0 fully saturated rings. The van der Waals surface area contributed by atoms with Crippen LogP contribution in [-0.2, 0) is 9.47 Å². The molecule has 0 aliphatic heterocycles. The van der Waals surface area contributed by atoms with Crippen LogP contribution in [0.5, 0.6) is 0 Å². The molecule has 0 aliphatic rings. The van der Waals surface area contributed by atoms with Gasteiger partial charge in [-0.25, -0.2) is 19.1 Å². The van der Waals surface area contributed by atoms with E-state index < -0.39 is 12.2 Å². The Kier molecular flexibility index (Phi) is 553. The van der Waals surface area contributed by atoms with Crippen molar-refractivity contribution in [3.8, 4) is 0 Å². The van der Waals surface area contributed by atoms with E-state index in [1.54, 1.807) is 0 Å². The molecular formula is C27H84N6O18. The van der Waals surface area contributed by atoms with Crippen LogP contribution in [0, 0.1) is 0 Å². The molecule has 1 rings (SSSR count). The Bertz CT molecular complexity index is 422. The minimum Gasteiger partial charge on any atom is -0.453 e. The summed E-state index contributed by atoms with van der Waals surface area (Å²) in [7, 11) is 16.7. The largest absolute Gasteiger partial charge is 0.453 e. The molecule has 21 N–H and O–H groups in total. The SMILES string of the molecule is CO.CO.CO.CO.CO.CO.CO.CO.CO.CO.CO.CO.CO.CO.COC(=O)NCCCN.COC(=O)n1ccnc1.NCCCN. The minimum absolute atomic E-state index is 0.400. The van der Waals surface area contributed by atoms with Crippen molar-refractivity contribution in [3.63, 3.8) is 0 Å². The van der Waals surface area contributed by atoms with Crippen molar-refractivity contribution in [2.45, 2.75) is 12.8 Å². The zero-order valence-electron chi connectivity index (χ0n) is 34.0. The molecule has 51 heavy (non-hydrogen) atoms. The number of carbonyl (C=O) groups excluding carboxylic acids is 2. The van der Waals surface area contributed by atoms with Crippen molar-refractivity contribution in [2.24, 2.45) is 17.2 Å². The van der Waals surface area contributed by atoms with Crippen molar-refractivity contribution in [3.05, 3.63) is 18.7 Å². The van der Waals surface area contributed by atoms with E-state index in [2.05, 4.69) is 19.8 Å². The number of imidazole rings is 1. The van der Waals surface area contributed by atoms with Gasteiger partial charge in [-0.05, 0) is 32.5 Å². The molecule has 24 heteroatoms. The number of rotatable bonds is 5. The predicted molar refractivity (Wildman–Crippen MR) is 201 cm³/mol. The fourth-order valence-electron chi connectivity index (χ4n) is 0.955. The van der Waals surface area contributed by atoms with Crippen LogP contribution in [0.1, 0.15) is 12.8 Å². The highest BCUT2D eigenvalue weighted by Crippen LogP contribution is 1.86. The van der Waals surface area contributed by atoms with E-state index in [9.17, 15) is 9.59 Å². The third-order valence-corrected chi connectivity index (χ3v) is 2.13. The summed E-state index contributed by atoms with van der Waals surface area (Å²) in [4.78, 5) is 24.5. The lowest BCUT2D eigenvalue weighted by molar-refractivity contribution is 0.170. The lowest BCUT2D eigenvalue weighted by atomic mass is 10.4. The van der Waals surface area contributed by atoms with Gasteiger partial charge in [-0.2, -0.15) is 0 Å². The Labute approximate surface area is 306 Å². The summed E-state index contributed by atoms with van der Waals surface area (Å²) < 4.78 is 9.93. The first-order valence-corrected chi connectivity index (χ1v) is 13.3. The first-order valence-electron chi connectivity index (χ1n) is 13.3. The summed E-state index contributed by atoms with van der Waals surface area (Å²) in [5, 5.41) is 100. The number of methoxy groups -OCH3 is 2. The molecule has 0 aromatic carbocycles. The fraction of sp³-hybridized carbons (Fsp3) is 0.815. The number of aliphatic hydroxyl groups is 14. The number of carbonyl (C=O) groups is 2. The molecular weight excluding hydrogens is 696 g/mol. The van der Waals surface area contributed by atoms with Gasteiger partial charge in [-0.15, -0.1) is 0 Å². The van der Waals surface area contributed by atoms with Gasteiger partial charge in [-0.3, -0.25) is 0 Å². The van der Waals surface area contributed by atoms with Gasteiger partial charge in [0.05, 0.1) is 14.2 Å². The maximum absolute atomic E-state index is 10.6. The molecule has 0 saturated carbocycles. The van der Waals surface area contributed by atoms with Gasteiger partial charge < -0.3 is 103 Å². The second kappa shape index (κ2) is 273. The molecule has 0 spiro atoms. The Morgan fingerprint density at radius 2 is 0.804 bits per heavy atom. The molecule has 330 valence electrons. The third-order valence-electron chi connectivity index (χ3n) is 2.13. The van der Waals surface area contributed by atoms with Crippen LogP contribution in [0.4, 0.5) is 9.59 Å². The number of aromatic nitrogens is 2. The van der Waals surface area contributed by atoms with Gasteiger partial charge in [-0.1, -0.05) is 0 Å². The van der Waals surface area contributed by atoms with Gasteiger partial charge in [0.2, 0.25) is 0 Å². The van der Waals surface area contributed by atoms with Crippen molar-refractivity contribution >= 4 is 12.2 Å². The monoisotopic (exact) mass is 781 g/mol. The van der Waals surface area contributed by atoms with Crippen LogP contribution in [-0.4, -0.2) is 233 Å². The topological polar surface area (TPSA) is 444 Å². The van der Waals surface area contributed by atoms with Crippen LogP contribution in [0.2, 0.25) is 0 Å². The molecule has 1 heterocycles. The normalized spacial score (nSPS) is 5.59. The highest BCUT2D eigenvalue weighted by atomic mass is 16.5. The van der Waals surface area contributed by atoms with E-state index in [1.165, 1.54) is 37.5 Å². The highest BCUT2D eigenvalue weighted by molar-refractivity contribution is 5.69. The van der Waals surface area contributed by atoms with Crippen LogP contribution in [0.25, 0.3) is 0 Å². The second-order valence-electron chi connectivity index (χ2n) is 3.93. The van der Waals surface area contributed by atoms with E-state index in [4.69, 9.17) is 88.7 Å². The van der Waals surface area contributed by atoms with Crippen molar-refractivity contribution in [1.29, 1.82) is 0 Å². The smallest absolute Gasteiger partial charge is 0.418 e. The summed E-state index contributed by atoms with van der Waals surface area (Å²) in [5.74, 6) is 0. The average Bonchev–Trinajstić information content (AvgIpc) is 3.84. The molecule has 0 aliphatic carbocycles. The average molecular weight is 781 g/mol. The molecule has 1 aromatic heterocycles. The van der Waals surface area contributed by atoms with E-state index in [0.717, 1.165) is 125 Å². The molecule has 0 atom stereocenters. The van der Waals surface area contributed by atoms with Crippen LogP contribution in [0.3, 0.4) is 0 Å². The maximum Gasteiger partial charge on any atom is 0.418 e. The number of aliphatic hydroxyl groups excluding tert-OH is 14. The van der Waals surface area contributed by atoms with Crippen molar-refractivity contribution in [1.82, 2.24) is 14.9 Å². The molecule has 0 saturated heterocycles. The molecule has 1 aromatic rings. The quantitative estimate of drug-likeness (QED) is 0.124. The summed E-state index contributed by atoms with van der Waals surface area (Å²) >= 11 is 0. The zero-order valence-corrected chi connectivity index (χ0v) is 34.0. The predicted octanol–water partition coefficient (Wildman–Crippen LogP) is -6.00. The maximum atomic E-state index is 10.6. The highest BCUT2D eigenvalue weighted by Gasteiger charge is 1.98. The van der Waals surface area contributed by atoms with Crippen LogP contribution < -0.4 is 22.5 Å². The van der Waals surface area contributed by atoms with Crippen molar-refractivity contribution in [2.75, 3.05) is 140 Å².